The highest BCUT2D eigenvalue weighted by Crippen LogP contribution is 2.21. The summed E-state index contributed by atoms with van der Waals surface area (Å²) in [6.07, 6.45) is 3.64. The van der Waals surface area contributed by atoms with Crippen LogP contribution in [0.15, 0.2) is 36.5 Å². The lowest BCUT2D eigenvalue weighted by Gasteiger charge is -2.13. The Morgan fingerprint density at radius 1 is 1.14 bits per heavy atom. The zero-order chi connectivity index (χ0) is 11.1. The van der Waals surface area contributed by atoms with E-state index in [0.29, 0.717) is 24.0 Å². The maximum Gasteiger partial charge on any atom is 0.164 e. The van der Waals surface area contributed by atoms with Crippen LogP contribution in [0.2, 0.25) is 0 Å². The molecule has 1 fully saturated rings. The molecule has 0 unspecified atom stereocenters. The molecule has 2 heteroatoms. The van der Waals surface area contributed by atoms with E-state index in [4.69, 9.17) is 0 Å². The number of allylic oxidation sites excluding steroid dienone is 4. The van der Waals surface area contributed by atoms with Crippen molar-refractivity contribution in [3.05, 3.63) is 36.5 Å². The van der Waals surface area contributed by atoms with Gasteiger partial charge in [0, 0.05) is 24.0 Å². The summed E-state index contributed by atoms with van der Waals surface area (Å²) in [6.45, 7) is 11.0. The Kier molecular flexibility index (Phi) is 5.46. The lowest BCUT2D eigenvalue weighted by molar-refractivity contribution is -0.122. The second-order valence-corrected chi connectivity index (χ2v) is 2.64. The zero-order valence-electron chi connectivity index (χ0n) is 8.80. The molecular weight excluding hydrogens is 176 g/mol. The molecule has 1 saturated carbocycles. The summed E-state index contributed by atoms with van der Waals surface area (Å²) >= 11 is 0. The van der Waals surface area contributed by atoms with E-state index < -0.39 is 0 Å². The first-order chi connectivity index (χ1) is 6.66. The van der Waals surface area contributed by atoms with Gasteiger partial charge in [0.15, 0.2) is 11.6 Å². The van der Waals surface area contributed by atoms with Gasteiger partial charge >= 0.3 is 0 Å². The molecule has 0 aliphatic heterocycles. The van der Waals surface area contributed by atoms with E-state index in [0.717, 1.165) is 0 Å². The van der Waals surface area contributed by atoms with Gasteiger partial charge in [-0.1, -0.05) is 39.2 Å². The van der Waals surface area contributed by atoms with Gasteiger partial charge in [0.1, 0.15) is 0 Å². The monoisotopic (exact) mass is 192 g/mol. The highest BCUT2D eigenvalue weighted by Gasteiger charge is 2.24. The molecule has 0 amide bonds. The summed E-state index contributed by atoms with van der Waals surface area (Å²) in [6, 6.07) is 0. The van der Waals surface area contributed by atoms with Crippen molar-refractivity contribution in [3.63, 3.8) is 0 Å². The molecule has 0 aromatic carbocycles. The predicted octanol–water partition coefficient (Wildman–Crippen LogP) is 2.61. The van der Waals surface area contributed by atoms with Gasteiger partial charge in [-0.15, -0.1) is 0 Å². The molecule has 1 aliphatic carbocycles. The molecule has 1 rings (SSSR count). The molecular formula is C12H16O2. The fourth-order valence-corrected chi connectivity index (χ4v) is 1.14. The molecule has 0 saturated heterocycles. The van der Waals surface area contributed by atoms with Crippen LogP contribution in [0.5, 0.6) is 0 Å². The number of ketones is 2. The van der Waals surface area contributed by atoms with Crippen molar-refractivity contribution < 1.29 is 9.59 Å². The summed E-state index contributed by atoms with van der Waals surface area (Å²) in [7, 11) is 0. The van der Waals surface area contributed by atoms with Crippen LogP contribution >= 0.6 is 0 Å². The SMILES string of the molecule is C=C/C=C1\C(=C)C(=O)CCC1=O.CC. The Bertz CT molecular complexity index is 295. The number of rotatable bonds is 1. The predicted molar refractivity (Wildman–Crippen MR) is 58.0 cm³/mol. The van der Waals surface area contributed by atoms with Crippen molar-refractivity contribution in [3.8, 4) is 0 Å². The van der Waals surface area contributed by atoms with Gasteiger partial charge in [-0.2, -0.15) is 0 Å². The standard InChI is InChI=1S/C10H10O2.C2H6/c1-3-4-8-7(2)9(11)5-6-10(8)12;1-2/h3-4H,1-2,5-6H2;1-2H3/b8-4+;. The average Bonchev–Trinajstić information content (AvgIpc) is 2.22. The first-order valence-electron chi connectivity index (χ1n) is 4.75. The molecule has 0 bridgehead atoms. The van der Waals surface area contributed by atoms with E-state index in [-0.39, 0.29) is 11.6 Å². The van der Waals surface area contributed by atoms with E-state index in [1.165, 1.54) is 6.08 Å². The van der Waals surface area contributed by atoms with E-state index in [9.17, 15) is 9.59 Å². The van der Waals surface area contributed by atoms with Crippen LogP contribution in [0, 0.1) is 0 Å². The van der Waals surface area contributed by atoms with Gasteiger partial charge in [-0.05, 0) is 0 Å². The summed E-state index contributed by atoms with van der Waals surface area (Å²) in [5.41, 5.74) is 0.743. The van der Waals surface area contributed by atoms with Crippen LogP contribution in [0.25, 0.3) is 0 Å². The van der Waals surface area contributed by atoms with Crippen LogP contribution in [0.1, 0.15) is 26.7 Å². The fourth-order valence-electron chi connectivity index (χ4n) is 1.14. The summed E-state index contributed by atoms with van der Waals surface area (Å²) in [5, 5.41) is 0. The van der Waals surface area contributed by atoms with Gasteiger partial charge in [-0.3, -0.25) is 9.59 Å². The third-order valence-electron chi connectivity index (χ3n) is 1.83. The summed E-state index contributed by atoms with van der Waals surface area (Å²) < 4.78 is 0. The van der Waals surface area contributed by atoms with E-state index >= 15 is 0 Å². The quantitative estimate of drug-likeness (QED) is 0.598. The Labute approximate surface area is 85.0 Å². The van der Waals surface area contributed by atoms with Crippen LogP contribution in [-0.4, -0.2) is 11.6 Å². The molecule has 0 aromatic rings. The lowest BCUT2D eigenvalue weighted by Crippen LogP contribution is -2.18. The third kappa shape index (κ3) is 2.80. The van der Waals surface area contributed by atoms with Gasteiger partial charge in [0.2, 0.25) is 0 Å². The topological polar surface area (TPSA) is 34.1 Å². The fraction of sp³-hybridized carbons (Fsp3) is 0.333. The van der Waals surface area contributed by atoms with Crippen molar-refractivity contribution in [1.82, 2.24) is 0 Å². The van der Waals surface area contributed by atoms with Crippen LogP contribution < -0.4 is 0 Å². The number of hydrogen-bond acceptors (Lipinski definition) is 2. The minimum Gasteiger partial charge on any atom is -0.294 e. The maximum atomic E-state index is 11.2. The van der Waals surface area contributed by atoms with E-state index in [1.807, 2.05) is 13.8 Å². The zero-order valence-corrected chi connectivity index (χ0v) is 8.80. The second kappa shape index (κ2) is 6.08. The van der Waals surface area contributed by atoms with Crippen LogP contribution in [0.3, 0.4) is 0 Å². The normalized spacial score (nSPS) is 19.0. The molecule has 0 heterocycles. The van der Waals surface area contributed by atoms with Crippen molar-refractivity contribution in [2.75, 3.05) is 0 Å². The highest BCUT2D eigenvalue weighted by molar-refractivity contribution is 6.16. The first-order valence-corrected chi connectivity index (χ1v) is 4.75. The van der Waals surface area contributed by atoms with Crippen molar-refractivity contribution >= 4 is 11.6 Å². The second-order valence-electron chi connectivity index (χ2n) is 2.64. The molecule has 1 aliphatic rings. The lowest BCUT2D eigenvalue weighted by atomic mass is 9.88. The van der Waals surface area contributed by atoms with E-state index in [2.05, 4.69) is 13.2 Å². The van der Waals surface area contributed by atoms with Crippen molar-refractivity contribution in [1.29, 1.82) is 0 Å². The highest BCUT2D eigenvalue weighted by atomic mass is 16.1. The van der Waals surface area contributed by atoms with E-state index in [1.54, 1.807) is 6.08 Å². The third-order valence-corrected chi connectivity index (χ3v) is 1.83. The summed E-state index contributed by atoms with van der Waals surface area (Å²) in [5.74, 6) is -0.0535. The number of carbonyl (C=O) groups excluding carboxylic acids is 2. The molecule has 76 valence electrons. The number of carbonyl (C=O) groups is 2. The Morgan fingerprint density at radius 2 is 1.64 bits per heavy atom. The van der Waals surface area contributed by atoms with Gasteiger partial charge in [-0.25, -0.2) is 0 Å². The Balaban J connectivity index is 0.000000791. The minimum absolute atomic E-state index is 0.0144. The van der Waals surface area contributed by atoms with Gasteiger partial charge in [0.05, 0.1) is 0 Å². The first kappa shape index (κ1) is 12.6. The molecule has 0 spiro atoms. The average molecular weight is 192 g/mol. The molecule has 14 heavy (non-hydrogen) atoms. The van der Waals surface area contributed by atoms with Crippen molar-refractivity contribution in [2.24, 2.45) is 0 Å². The minimum atomic E-state index is -0.0392. The molecule has 0 atom stereocenters. The van der Waals surface area contributed by atoms with Gasteiger partial charge < -0.3 is 0 Å². The van der Waals surface area contributed by atoms with Gasteiger partial charge in [0.25, 0.3) is 0 Å². The molecule has 0 aromatic heterocycles. The maximum absolute atomic E-state index is 11.2. The number of hydrogen-bond donors (Lipinski definition) is 0. The van der Waals surface area contributed by atoms with Crippen LogP contribution in [0.4, 0.5) is 0 Å². The van der Waals surface area contributed by atoms with Crippen molar-refractivity contribution in [2.45, 2.75) is 26.7 Å². The molecule has 0 radical (unpaired) electrons. The van der Waals surface area contributed by atoms with Crippen LogP contribution in [-0.2, 0) is 9.59 Å². The summed E-state index contributed by atoms with van der Waals surface area (Å²) in [4.78, 5) is 22.3. The molecule has 0 N–H and O–H groups in total. The Hall–Kier alpha value is -1.44. The smallest absolute Gasteiger partial charge is 0.164 e. The number of Topliss-reactive ketones (excluding diaryl/α,β-unsaturated/α-hetero) is 2. The Morgan fingerprint density at radius 3 is 2.14 bits per heavy atom. The molecule has 2 nitrogen and oxygen atoms in total. The largest absolute Gasteiger partial charge is 0.294 e.